The van der Waals surface area contributed by atoms with Crippen molar-refractivity contribution in [3.05, 3.63) is 273 Å². The quantitative estimate of drug-likeness (QED) is 0.0958. The maximum absolute atomic E-state index is 12.2. The Balaban J connectivity index is 1.45. The summed E-state index contributed by atoms with van der Waals surface area (Å²) in [7, 11) is 0. The molecule has 344 valence electrons. The number of hydrogen-bond donors (Lipinski definition) is 0. The van der Waals surface area contributed by atoms with Gasteiger partial charge in [-0.05, 0) is 42.3 Å². The number of para-hydroxylation sites is 2. The van der Waals surface area contributed by atoms with Crippen molar-refractivity contribution in [1.82, 2.24) is 18.9 Å². The van der Waals surface area contributed by atoms with Crippen molar-refractivity contribution in [2.24, 2.45) is 0 Å². The molecule has 4 aromatic heterocycles. The van der Waals surface area contributed by atoms with Gasteiger partial charge in [-0.2, -0.15) is 5.26 Å². The molecule has 0 radical (unpaired) electrons. The minimum atomic E-state index is -0.446. The number of nitriles is 1. The van der Waals surface area contributed by atoms with Crippen LogP contribution >= 0.6 is 22.7 Å². The first-order chi connectivity index (χ1) is 36.0. The zero-order chi connectivity index (χ0) is 49.4. The van der Waals surface area contributed by atoms with Gasteiger partial charge in [-0.25, -0.2) is 14.8 Å². The van der Waals surface area contributed by atoms with E-state index >= 15 is 0 Å². The molecule has 8 aromatic carbocycles. The third kappa shape index (κ3) is 7.99. The zero-order valence-corrected chi connectivity index (χ0v) is 41.7. The first kappa shape index (κ1) is 45.4. The van der Waals surface area contributed by atoms with E-state index in [9.17, 15) is 11.8 Å². The molecule has 0 fully saturated rings. The summed E-state index contributed by atoms with van der Waals surface area (Å²) in [5.74, 6) is -0.281. The number of thiazole rings is 2. The Morgan fingerprint density at radius 2 is 0.973 bits per heavy atom. The van der Waals surface area contributed by atoms with Crippen LogP contribution in [0.3, 0.4) is 0 Å². The van der Waals surface area contributed by atoms with Gasteiger partial charge in [-0.1, -0.05) is 229 Å². The maximum Gasteiger partial charge on any atom is 0.327 e. The molecule has 4 heterocycles. The van der Waals surface area contributed by atoms with Crippen LogP contribution < -0.4 is 32.5 Å². The molecule has 73 heavy (non-hydrogen) atoms. The van der Waals surface area contributed by atoms with Gasteiger partial charge in [0.05, 0.1) is 32.4 Å². The van der Waals surface area contributed by atoms with Gasteiger partial charge >= 0.3 is 13.7 Å². The SMILES string of the molecule is [C-]#[N+]/C(c1nc2ccccc2s1)=c1\c2c(C(C)c3ccccc3)n(B(c3ccccc3)c3ccccc3)/c(=C(/C#N)c3nc4ccccc4s3)c2c(-c2ccccc2C)n1B(c1ccccc1)c1ccccc1. The number of benzene rings is 8. The van der Waals surface area contributed by atoms with Crippen molar-refractivity contribution in [2.45, 2.75) is 19.8 Å². The predicted molar refractivity (Wildman–Crippen MR) is 306 cm³/mol. The lowest BCUT2D eigenvalue weighted by Crippen LogP contribution is -2.54. The first-order valence-electron chi connectivity index (χ1n) is 24.4. The van der Waals surface area contributed by atoms with Crippen LogP contribution in [0.4, 0.5) is 0 Å². The molecule has 0 amide bonds. The van der Waals surface area contributed by atoms with E-state index in [4.69, 9.17) is 9.97 Å². The van der Waals surface area contributed by atoms with E-state index in [1.165, 1.54) is 22.7 Å². The summed E-state index contributed by atoms with van der Waals surface area (Å²) in [6.45, 7) is 13.1. The summed E-state index contributed by atoms with van der Waals surface area (Å²) < 4.78 is 6.87. The van der Waals surface area contributed by atoms with E-state index in [-0.39, 0.29) is 5.92 Å². The smallest absolute Gasteiger partial charge is 0.327 e. The second-order valence-corrected chi connectivity index (χ2v) is 20.3. The average Bonchev–Trinajstić information content (AvgIpc) is 4.23. The minimum absolute atomic E-state index is 0.281. The van der Waals surface area contributed by atoms with Crippen LogP contribution in [-0.4, -0.2) is 32.6 Å². The molecule has 0 aliphatic heterocycles. The van der Waals surface area contributed by atoms with E-state index in [1.807, 2.05) is 36.4 Å². The van der Waals surface area contributed by atoms with Crippen LogP contribution in [-0.2, 0) is 0 Å². The largest absolute Gasteiger partial charge is 0.384 e. The molecule has 0 aliphatic rings. The van der Waals surface area contributed by atoms with Crippen molar-refractivity contribution < 1.29 is 0 Å². The van der Waals surface area contributed by atoms with Crippen LogP contribution in [0.15, 0.2) is 224 Å². The lowest BCUT2D eigenvalue weighted by Gasteiger charge is -2.26. The molecule has 10 heteroatoms. The number of fused-ring (bicyclic) bond motifs is 3. The zero-order valence-electron chi connectivity index (χ0n) is 40.1. The van der Waals surface area contributed by atoms with Crippen LogP contribution in [0.2, 0.25) is 0 Å². The Morgan fingerprint density at radius 1 is 0.534 bits per heavy atom. The van der Waals surface area contributed by atoms with E-state index in [2.05, 4.69) is 222 Å². The summed E-state index contributed by atoms with van der Waals surface area (Å²) in [6.07, 6.45) is 0. The van der Waals surface area contributed by atoms with Gasteiger partial charge in [0.15, 0.2) is 0 Å². The highest BCUT2D eigenvalue weighted by Crippen LogP contribution is 2.39. The van der Waals surface area contributed by atoms with E-state index < -0.39 is 13.7 Å². The Hall–Kier alpha value is -8.79. The number of aryl methyl sites for hydroxylation is 1. The molecule has 12 aromatic rings. The Morgan fingerprint density at radius 3 is 1.47 bits per heavy atom. The molecule has 1 atom stereocenters. The van der Waals surface area contributed by atoms with Crippen molar-refractivity contribution >= 4 is 101 Å². The first-order valence-corrected chi connectivity index (χ1v) is 26.0. The van der Waals surface area contributed by atoms with E-state index in [1.54, 1.807) is 0 Å². The molecular formula is C63H44B2N6S2. The molecule has 0 spiro atoms. The Labute approximate surface area is 432 Å². The molecular weight excluding hydrogens is 926 g/mol. The summed E-state index contributed by atoms with van der Waals surface area (Å²) in [4.78, 5) is 15.3. The molecule has 0 N–H and O–H groups in total. The lowest BCUT2D eigenvalue weighted by molar-refractivity contribution is 0.853. The van der Waals surface area contributed by atoms with Gasteiger partial charge < -0.3 is 8.96 Å². The monoisotopic (exact) mass is 970 g/mol. The predicted octanol–water partition coefficient (Wildman–Crippen LogP) is 10.9. The van der Waals surface area contributed by atoms with Crippen molar-refractivity contribution in [3.63, 3.8) is 0 Å². The average molecular weight is 971 g/mol. The van der Waals surface area contributed by atoms with Gasteiger partial charge in [0.25, 0.3) is 0 Å². The summed E-state index contributed by atoms with van der Waals surface area (Å²) in [6, 6.07) is 80.7. The molecule has 6 nitrogen and oxygen atoms in total. The van der Waals surface area contributed by atoms with Crippen LogP contribution in [0.1, 0.15) is 39.7 Å². The van der Waals surface area contributed by atoms with Crippen molar-refractivity contribution in [1.29, 1.82) is 5.26 Å². The molecule has 12 rings (SSSR count). The fourth-order valence-corrected chi connectivity index (χ4v) is 12.7. The van der Waals surface area contributed by atoms with Crippen molar-refractivity contribution in [2.75, 3.05) is 0 Å². The topological polar surface area (TPSA) is 63.8 Å². The molecule has 0 aliphatic carbocycles. The Kier molecular flexibility index (Phi) is 12.1. The lowest BCUT2D eigenvalue weighted by atomic mass is 9.49. The van der Waals surface area contributed by atoms with Crippen LogP contribution in [0.25, 0.3) is 58.6 Å². The number of hydrogen-bond acceptors (Lipinski definition) is 5. The summed E-state index contributed by atoms with van der Waals surface area (Å²) in [5.41, 5.74) is 11.7. The summed E-state index contributed by atoms with van der Waals surface area (Å²) >= 11 is 3.07. The van der Waals surface area contributed by atoms with E-state index in [0.29, 0.717) is 21.3 Å². The van der Waals surface area contributed by atoms with Gasteiger partial charge in [0.1, 0.15) is 21.7 Å². The van der Waals surface area contributed by atoms with Gasteiger partial charge in [-0.3, -0.25) is 0 Å². The summed E-state index contributed by atoms with van der Waals surface area (Å²) in [5, 5.41) is 16.7. The third-order valence-corrected chi connectivity index (χ3v) is 16.1. The second-order valence-electron chi connectivity index (χ2n) is 18.2. The third-order valence-electron chi connectivity index (χ3n) is 14.0. The molecule has 0 bridgehead atoms. The van der Waals surface area contributed by atoms with Crippen LogP contribution in [0.5, 0.6) is 0 Å². The highest BCUT2D eigenvalue weighted by molar-refractivity contribution is 7.20. The minimum Gasteiger partial charge on any atom is -0.384 e. The molecule has 0 saturated carbocycles. The second kappa shape index (κ2) is 19.4. The number of aromatic nitrogens is 4. The van der Waals surface area contributed by atoms with Gasteiger partial charge in [0, 0.05) is 39.0 Å². The standard InChI is InChI=1S/C63H44B2N6S2/c1-42-25-19-20-36-49(42)59-56-55(61(57(67-3)63-69-52-38-22-24-40-54(52)73-63)71(59)65(47-32-15-7-16-33-47)48-34-17-8-18-35-48)58(43(2)44-26-9-4-10-27-44)70(64(45-28-11-5-12-29-45)46-30-13-6-14-31-46)60(56)50(41-66)62-68-51-37-21-23-39-53(51)72-62/h4-40,43H,1-2H3/b60-50-,61-57+. The normalized spacial score (nSPS) is 12.6. The maximum atomic E-state index is 12.2. The highest BCUT2D eigenvalue weighted by Gasteiger charge is 2.38. The van der Waals surface area contributed by atoms with Crippen molar-refractivity contribution in [3.8, 4) is 17.3 Å². The van der Waals surface area contributed by atoms with Gasteiger partial charge in [-0.15, -0.1) is 22.7 Å². The van der Waals surface area contributed by atoms with E-state index in [0.717, 1.165) is 91.8 Å². The fourth-order valence-electron chi connectivity index (χ4n) is 10.7. The number of rotatable bonds is 11. The molecule has 0 saturated heterocycles. The number of nitrogens with zero attached hydrogens (tertiary/aromatic N) is 6. The highest BCUT2D eigenvalue weighted by atomic mass is 32.1. The Bertz CT molecular complexity index is 3970. The van der Waals surface area contributed by atoms with Gasteiger partial charge in [0.2, 0.25) is 5.70 Å². The fraction of sp³-hybridized carbons (Fsp3) is 0.0476. The van der Waals surface area contributed by atoms with Crippen LogP contribution in [0, 0.1) is 24.8 Å². The molecule has 1 unspecified atom stereocenters.